The normalized spacial score (nSPS) is 9.86. The summed E-state index contributed by atoms with van der Waals surface area (Å²) in [5.41, 5.74) is 0. The van der Waals surface area contributed by atoms with Crippen LogP contribution in [0.3, 0.4) is 0 Å². The molecule has 1 heterocycles. The number of aromatic nitrogens is 2. The quantitative estimate of drug-likeness (QED) is 0.554. The van der Waals surface area contributed by atoms with E-state index in [-0.39, 0.29) is 5.82 Å². The van der Waals surface area contributed by atoms with E-state index in [1.165, 1.54) is 14.1 Å². The average Bonchev–Trinajstić information content (AvgIpc) is 2.42. The van der Waals surface area contributed by atoms with Crippen molar-refractivity contribution in [2.45, 2.75) is 0 Å². The molecule has 0 aromatic carbocycles. The Hall–Kier alpha value is -2.19. The van der Waals surface area contributed by atoms with E-state index < -0.39 is 21.6 Å². The summed E-state index contributed by atoms with van der Waals surface area (Å²) >= 11 is 0. The monoisotopic (exact) mass is 201 g/mol. The van der Waals surface area contributed by atoms with E-state index in [9.17, 15) is 20.2 Å². The van der Waals surface area contributed by atoms with Crippen LogP contribution >= 0.6 is 0 Å². The summed E-state index contributed by atoms with van der Waals surface area (Å²) in [5, 5.41) is 23.3. The number of rotatable bonds is 3. The summed E-state index contributed by atoms with van der Waals surface area (Å²) in [6.45, 7) is 0. The summed E-state index contributed by atoms with van der Waals surface area (Å²) in [6.07, 6.45) is 0. The van der Waals surface area contributed by atoms with Crippen LogP contribution in [0.15, 0.2) is 0 Å². The van der Waals surface area contributed by atoms with Gasteiger partial charge in [0, 0.05) is 7.05 Å². The zero-order chi connectivity index (χ0) is 10.9. The summed E-state index contributed by atoms with van der Waals surface area (Å²) in [7, 11) is 2.75. The lowest BCUT2D eigenvalue weighted by molar-refractivity contribution is -0.403. The van der Waals surface area contributed by atoms with Crippen molar-refractivity contribution in [1.82, 2.24) is 9.55 Å². The van der Waals surface area contributed by atoms with Gasteiger partial charge in [0.25, 0.3) is 5.82 Å². The van der Waals surface area contributed by atoms with Gasteiger partial charge in [0.2, 0.25) is 0 Å². The fourth-order valence-electron chi connectivity index (χ4n) is 1.04. The predicted molar refractivity (Wildman–Crippen MR) is 46.1 cm³/mol. The molecule has 1 rings (SSSR count). The second-order valence-electron chi connectivity index (χ2n) is 2.41. The Labute approximate surface area is 77.7 Å². The second-order valence-corrected chi connectivity index (χ2v) is 2.41. The van der Waals surface area contributed by atoms with Gasteiger partial charge in [-0.15, -0.1) is 0 Å². The molecule has 0 aliphatic rings. The van der Waals surface area contributed by atoms with Gasteiger partial charge in [0.05, 0.1) is 7.05 Å². The number of nitrogens with zero attached hydrogens (tertiary/aromatic N) is 4. The first-order valence-corrected chi connectivity index (χ1v) is 3.52. The fraction of sp³-hybridized carbons (Fsp3) is 0.400. The van der Waals surface area contributed by atoms with Gasteiger partial charge >= 0.3 is 11.8 Å². The molecular formula is C5H7N5O4. The summed E-state index contributed by atoms with van der Waals surface area (Å²) in [6, 6.07) is 0. The molecule has 0 fully saturated rings. The van der Waals surface area contributed by atoms with Gasteiger partial charge in [-0.1, -0.05) is 0 Å². The van der Waals surface area contributed by atoms with Gasteiger partial charge in [-0.3, -0.25) is 0 Å². The summed E-state index contributed by atoms with van der Waals surface area (Å²) in [4.78, 5) is 22.6. The SMILES string of the molecule is CNc1c([N+](=O)[O-])nc([N+](=O)[O-])n1C. The van der Waals surface area contributed by atoms with E-state index in [0.29, 0.717) is 0 Å². The number of nitrogens with one attached hydrogen (secondary N) is 1. The molecule has 0 radical (unpaired) electrons. The maximum absolute atomic E-state index is 10.4. The van der Waals surface area contributed by atoms with Gasteiger partial charge in [-0.05, 0) is 14.8 Å². The predicted octanol–water partition coefficient (Wildman–Crippen LogP) is 0.278. The largest absolute Gasteiger partial charge is 0.440 e. The summed E-state index contributed by atoms with van der Waals surface area (Å²) < 4.78 is 1.01. The third-order valence-electron chi connectivity index (χ3n) is 1.63. The highest BCUT2D eigenvalue weighted by atomic mass is 16.6. The molecule has 9 nitrogen and oxygen atoms in total. The zero-order valence-corrected chi connectivity index (χ0v) is 7.42. The third kappa shape index (κ3) is 1.34. The molecule has 0 saturated heterocycles. The molecule has 0 unspecified atom stereocenters. The Morgan fingerprint density at radius 3 is 2.21 bits per heavy atom. The number of anilines is 1. The number of hydrogen-bond acceptors (Lipinski definition) is 6. The number of hydrogen-bond donors (Lipinski definition) is 1. The van der Waals surface area contributed by atoms with Crippen molar-refractivity contribution in [2.75, 3.05) is 12.4 Å². The highest BCUT2D eigenvalue weighted by Crippen LogP contribution is 2.26. The molecule has 0 bridgehead atoms. The lowest BCUT2D eigenvalue weighted by atomic mass is 10.6. The Kier molecular flexibility index (Phi) is 2.32. The van der Waals surface area contributed by atoms with Crippen molar-refractivity contribution in [3.05, 3.63) is 20.2 Å². The van der Waals surface area contributed by atoms with E-state index in [4.69, 9.17) is 0 Å². The summed E-state index contributed by atoms with van der Waals surface area (Å²) in [5.74, 6) is -1.12. The fourth-order valence-corrected chi connectivity index (χ4v) is 1.04. The van der Waals surface area contributed by atoms with Crippen LogP contribution in [0.4, 0.5) is 17.6 Å². The molecule has 0 amide bonds. The van der Waals surface area contributed by atoms with Gasteiger partial charge in [0.1, 0.15) is 0 Å². The maximum Gasteiger partial charge on any atom is 0.440 e. The first-order chi connectivity index (χ1) is 6.49. The van der Waals surface area contributed by atoms with Gasteiger partial charge in [-0.2, -0.15) is 0 Å². The van der Waals surface area contributed by atoms with Crippen molar-refractivity contribution in [2.24, 2.45) is 7.05 Å². The molecule has 1 N–H and O–H groups in total. The first-order valence-electron chi connectivity index (χ1n) is 3.52. The van der Waals surface area contributed by atoms with E-state index in [1.807, 2.05) is 0 Å². The molecule has 0 atom stereocenters. The number of nitro groups is 2. The van der Waals surface area contributed by atoms with Crippen molar-refractivity contribution < 1.29 is 9.85 Å². The van der Waals surface area contributed by atoms with Crippen LogP contribution in [0.2, 0.25) is 0 Å². The van der Waals surface area contributed by atoms with Crippen molar-refractivity contribution in [1.29, 1.82) is 0 Å². The molecule has 14 heavy (non-hydrogen) atoms. The van der Waals surface area contributed by atoms with Crippen molar-refractivity contribution in [3.8, 4) is 0 Å². The van der Waals surface area contributed by atoms with Gasteiger partial charge < -0.3 is 25.5 Å². The lowest BCUT2D eigenvalue weighted by Gasteiger charge is -1.97. The minimum absolute atomic E-state index is 0.00157. The van der Waals surface area contributed by atoms with Gasteiger partial charge in [-0.25, -0.2) is 4.57 Å². The first kappa shape index (κ1) is 9.89. The van der Waals surface area contributed by atoms with Crippen molar-refractivity contribution in [3.63, 3.8) is 0 Å². The third-order valence-corrected chi connectivity index (χ3v) is 1.63. The number of imidazole rings is 1. The molecule has 1 aromatic heterocycles. The lowest BCUT2D eigenvalue weighted by Crippen LogP contribution is -2.02. The van der Waals surface area contributed by atoms with Crippen LogP contribution in [0, 0.1) is 20.2 Å². The van der Waals surface area contributed by atoms with E-state index in [1.54, 1.807) is 0 Å². The maximum atomic E-state index is 10.4. The minimum Gasteiger partial charge on any atom is -0.390 e. The van der Waals surface area contributed by atoms with Crippen LogP contribution in [0.1, 0.15) is 0 Å². The van der Waals surface area contributed by atoms with Gasteiger partial charge in [0.15, 0.2) is 0 Å². The standard InChI is InChI=1S/C5H7N5O4/c1-6-3-4(9(11)12)7-5(8(3)2)10(13)14/h6H,1-2H3. The minimum atomic E-state index is -0.784. The van der Waals surface area contributed by atoms with Crippen LogP contribution in [-0.4, -0.2) is 26.4 Å². The Balaban J connectivity index is 3.39. The van der Waals surface area contributed by atoms with Crippen LogP contribution in [0.5, 0.6) is 0 Å². The molecule has 1 aromatic rings. The molecule has 0 aliphatic heterocycles. The second kappa shape index (κ2) is 3.28. The van der Waals surface area contributed by atoms with E-state index in [0.717, 1.165) is 4.57 Å². The smallest absolute Gasteiger partial charge is 0.390 e. The topological polar surface area (TPSA) is 116 Å². The highest BCUT2D eigenvalue weighted by Gasteiger charge is 2.28. The highest BCUT2D eigenvalue weighted by molar-refractivity contribution is 5.55. The van der Waals surface area contributed by atoms with E-state index >= 15 is 0 Å². The molecule has 9 heteroatoms. The molecule has 0 spiro atoms. The molecule has 0 aliphatic carbocycles. The Morgan fingerprint density at radius 1 is 1.36 bits per heavy atom. The van der Waals surface area contributed by atoms with Crippen molar-refractivity contribution >= 4 is 17.6 Å². The average molecular weight is 201 g/mol. The van der Waals surface area contributed by atoms with Crippen LogP contribution < -0.4 is 5.32 Å². The molecule has 76 valence electrons. The molecule has 0 saturated carbocycles. The Bertz CT molecular complexity index is 397. The Morgan fingerprint density at radius 2 is 1.93 bits per heavy atom. The van der Waals surface area contributed by atoms with Crippen LogP contribution in [0.25, 0.3) is 0 Å². The van der Waals surface area contributed by atoms with E-state index in [2.05, 4.69) is 10.3 Å². The van der Waals surface area contributed by atoms with Crippen LogP contribution in [-0.2, 0) is 7.05 Å². The zero-order valence-electron chi connectivity index (χ0n) is 7.42. The molecular weight excluding hydrogens is 194 g/mol.